The molecule has 3 aliphatic carbocycles. The number of carbonyl (C=O) groups is 5. The molecule has 4 atom stereocenters. The van der Waals surface area contributed by atoms with E-state index in [0.717, 1.165) is 22.6 Å². The number of phenolic OH excluding ortho intramolecular Hbond substituents is 1. The first-order valence-electron chi connectivity index (χ1n) is 12.8. The number of carboxylic acids is 1. The number of amides is 2. The molecule has 2 aromatic rings. The maximum Gasteiger partial charge on any atom is 0.339 e. The maximum absolute atomic E-state index is 14.0. The van der Waals surface area contributed by atoms with Crippen LogP contribution in [0.15, 0.2) is 63.7 Å². The van der Waals surface area contributed by atoms with Crippen molar-refractivity contribution in [3.8, 4) is 17.2 Å². The van der Waals surface area contributed by atoms with Crippen molar-refractivity contribution < 1.29 is 44.0 Å². The van der Waals surface area contributed by atoms with Gasteiger partial charge in [-0.25, -0.2) is 9.69 Å². The fraction of sp³-hybridized carbons (Fsp3) is 0.233. The number of rotatable bonds is 4. The van der Waals surface area contributed by atoms with Gasteiger partial charge in [-0.1, -0.05) is 11.6 Å². The minimum Gasteiger partial charge on any atom is -0.507 e. The molecular formula is C30H21BrINO9. The van der Waals surface area contributed by atoms with Crippen LogP contribution < -0.4 is 9.64 Å². The first-order valence-corrected chi connectivity index (χ1v) is 14.7. The lowest BCUT2D eigenvalue weighted by Gasteiger charge is -2.42. The number of aromatic hydroxyl groups is 2. The molecule has 2 amide bonds. The van der Waals surface area contributed by atoms with Crippen molar-refractivity contribution >= 4 is 73.6 Å². The Morgan fingerprint density at radius 2 is 1.81 bits per heavy atom. The first kappa shape index (κ1) is 28.3. The molecule has 2 aromatic carbocycles. The van der Waals surface area contributed by atoms with Gasteiger partial charge in [0.1, 0.15) is 11.3 Å². The van der Waals surface area contributed by atoms with Crippen LogP contribution in [0.1, 0.15) is 34.7 Å². The molecule has 214 valence electrons. The van der Waals surface area contributed by atoms with E-state index >= 15 is 0 Å². The standard InChI is InChI=1S/C30H21BrINO9/c1-42-22-7-11(6-19(32)27(22)37)23-13-4-5-15-24(16(13)9-17-25(23)21(35)10-18(31)26(17)36)29(39)33(28(15)38)12-2-3-14(30(40)41)20(34)8-12/h2-4,6-8,10,15-16,23-24,34,37H,5,9H2,1H3,(H,40,41)/t15-,16+,23-,24-/m0/s1. The largest absolute Gasteiger partial charge is 0.507 e. The summed E-state index contributed by atoms with van der Waals surface area (Å²) in [5, 5.41) is 30.0. The van der Waals surface area contributed by atoms with E-state index in [9.17, 15) is 39.3 Å². The van der Waals surface area contributed by atoms with E-state index in [2.05, 4.69) is 15.9 Å². The molecule has 12 heteroatoms. The number of aromatic carboxylic acids is 1. The molecule has 0 saturated carbocycles. The van der Waals surface area contributed by atoms with Gasteiger partial charge in [-0.15, -0.1) is 0 Å². The number of allylic oxidation sites excluding steroid dienone is 6. The second-order valence-electron chi connectivity index (χ2n) is 10.5. The molecule has 1 fully saturated rings. The summed E-state index contributed by atoms with van der Waals surface area (Å²) >= 11 is 5.15. The first-order chi connectivity index (χ1) is 19.9. The van der Waals surface area contributed by atoms with Gasteiger partial charge in [0, 0.05) is 29.2 Å². The lowest BCUT2D eigenvalue weighted by Crippen LogP contribution is -2.39. The number of fused-ring (bicyclic) bond motifs is 3. The number of hydrogen-bond acceptors (Lipinski definition) is 8. The quantitative estimate of drug-likeness (QED) is 0.179. The lowest BCUT2D eigenvalue weighted by atomic mass is 9.59. The minimum atomic E-state index is -1.36. The van der Waals surface area contributed by atoms with E-state index < -0.39 is 47.2 Å². The number of nitrogens with zero attached hydrogens (tertiary/aromatic N) is 1. The molecule has 1 aliphatic heterocycles. The average Bonchev–Trinajstić information content (AvgIpc) is 3.21. The zero-order chi connectivity index (χ0) is 30.2. The molecule has 1 heterocycles. The Hall–Kier alpha value is -3.78. The number of ketones is 2. The van der Waals surface area contributed by atoms with E-state index in [-0.39, 0.29) is 62.8 Å². The number of methoxy groups -OCH3 is 1. The van der Waals surface area contributed by atoms with Gasteiger partial charge in [-0.05, 0) is 87.1 Å². The van der Waals surface area contributed by atoms with Crippen LogP contribution in [0, 0.1) is 21.3 Å². The van der Waals surface area contributed by atoms with Crippen molar-refractivity contribution in [2.45, 2.75) is 18.8 Å². The van der Waals surface area contributed by atoms with E-state index in [1.165, 1.54) is 19.3 Å². The SMILES string of the molecule is COc1cc([C@H]2C3=CC[C@@H]4C(=O)N(c5ccc(C(=O)O)c(O)c5)C(=O)[C@@H]4[C@@H]3CC3=C2C(=O)C=C(Br)C3=O)cc(I)c1O. The van der Waals surface area contributed by atoms with Gasteiger partial charge in [0.05, 0.1) is 32.7 Å². The second kappa shape index (κ2) is 10.2. The monoisotopic (exact) mass is 745 g/mol. The third kappa shape index (κ3) is 4.14. The summed E-state index contributed by atoms with van der Waals surface area (Å²) in [6, 6.07) is 6.81. The number of imide groups is 1. The number of halogens is 2. The number of carbonyl (C=O) groups excluding carboxylic acids is 4. The van der Waals surface area contributed by atoms with Crippen molar-refractivity contribution in [2.24, 2.45) is 17.8 Å². The highest BCUT2D eigenvalue weighted by molar-refractivity contribution is 14.1. The van der Waals surface area contributed by atoms with Gasteiger partial charge in [0.2, 0.25) is 11.8 Å². The second-order valence-corrected chi connectivity index (χ2v) is 12.5. The lowest BCUT2D eigenvalue weighted by molar-refractivity contribution is -0.123. The van der Waals surface area contributed by atoms with Gasteiger partial charge in [-0.2, -0.15) is 0 Å². The van der Waals surface area contributed by atoms with E-state index in [4.69, 9.17) is 4.74 Å². The third-order valence-electron chi connectivity index (χ3n) is 8.41. The summed E-state index contributed by atoms with van der Waals surface area (Å²) in [5.41, 5.74) is 1.53. The smallest absolute Gasteiger partial charge is 0.339 e. The summed E-state index contributed by atoms with van der Waals surface area (Å²) in [6.07, 6.45) is 3.36. The third-order valence-corrected chi connectivity index (χ3v) is 9.82. The summed E-state index contributed by atoms with van der Waals surface area (Å²) in [4.78, 5) is 66.7. The van der Waals surface area contributed by atoms with Crippen LogP contribution in [0.2, 0.25) is 0 Å². The van der Waals surface area contributed by atoms with Gasteiger partial charge < -0.3 is 20.1 Å². The van der Waals surface area contributed by atoms with Crippen LogP contribution in [-0.2, 0) is 19.2 Å². The molecule has 4 aliphatic rings. The van der Waals surface area contributed by atoms with Gasteiger partial charge in [0.25, 0.3) is 0 Å². The van der Waals surface area contributed by atoms with Crippen molar-refractivity contribution in [3.05, 3.63) is 78.4 Å². The molecule has 0 spiro atoms. The van der Waals surface area contributed by atoms with Gasteiger partial charge in [0.15, 0.2) is 23.1 Å². The Morgan fingerprint density at radius 3 is 2.48 bits per heavy atom. The zero-order valence-corrected chi connectivity index (χ0v) is 25.5. The van der Waals surface area contributed by atoms with Crippen LogP contribution in [-0.4, -0.2) is 51.8 Å². The molecule has 1 saturated heterocycles. The number of phenols is 2. The summed E-state index contributed by atoms with van der Waals surface area (Å²) in [6.45, 7) is 0. The maximum atomic E-state index is 14.0. The molecule has 0 unspecified atom stereocenters. The molecule has 3 N–H and O–H groups in total. The van der Waals surface area contributed by atoms with Crippen LogP contribution in [0.3, 0.4) is 0 Å². The number of hydrogen-bond donors (Lipinski definition) is 3. The highest BCUT2D eigenvalue weighted by atomic mass is 127. The van der Waals surface area contributed by atoms with Crippen LogP contribution >= 0.6 is 38.5 Å². The molecule has 0 aromatic heterocycles. The van der Waals surface area contributed by atoms with E-state index in [1.807, 2.05) is 28.7 Å². The highest BCUT2D eigenvalue weighted by Gasteiger charge is 2.56. The van der Waals surface area contributed by atoms with E-state index in [0.29, 0.717) is 9.13 Å². The predicted octanol–water partition coefficient (Wildman–Crippen LogP) is 4.38. The van der Waals surface area contributed by atoms with E-state index in [1.54, 1.807) is 12.1 Å². The van der Waals surface area contributed by atoms with Gasteiger partial charge >= 0.3 is 5.97 Å². The van der Waals surface area contributed by atoms with Crippen LogP contribution in [0.4, 0.5) is 5.69 Å². The number of carboxylic acid groups (broad SMARTS) is 1. The molecule has 42 heavy (non-hydrogen) atoms. The van der Waals surface area contributed by atoms with Crippen molar-refractivity contribution in [1.82, 2.24) is 0 Å². The number of ether oxygens (including phenoxy) is 1. The Morgan fingerprint density at radius 1 is 1.07 bits per heavy atom. The molecular weight excluding hydrogens is 725 g/mol. The highest BCUT2D eigenvalue weighted by Crippen LogP contribution is 2.56. The van der Waals surface area contributed by atoms with Crippen molar-refractivity contribution in [2.75, 3.05) is 12.0 Å². The molecule has 10 nitrogen and oxygen atoms in total. The number of Topliss-reactive ketones (excluding diaryl/α,β-unsaturated/α-hetero) is 1. The van der Waals surface area contributed by atoms with Gasteiger partial charge in [-0.3, -0.25) is 19.2 Å². The van der Waals surface area contributed by atoms with Crippen LogP contribution in [0.5, 0.6) is 17.2 Å². The minimum absolute atomic E-state index is 0.0446. The van der Waals surface area contributed by atoms with Crippen molar-refractivity contribution in [1.29, 1.82) is 0 Å². The topological polar surface area (TPSA) is 159 Å². The summed E-state index contributed by atoms with van der Waals surface area (Å²) < 4.78 is 5.94. The summed E-state index contributed by atoms with van der Waals surface area (Å²) in [7, 11) is 1.40. The fourth-order valence-corrected chi connectivity index (χ4v) is 7.67. The van der Waals surface area contributed by atoms with Crippen LogP contribution in [0.25, 0.3) is 0 Å². The van der Waals surface area contributed by atoms with Crippen molar-refractivity contribution in [3.63, 3.8) is 0 Å². The Labute approximate surface area is 260 Å². The normalized spacial score (nSPS) is 25.1. The predicted molar refractivity (Wildman–Crippen MR) is 160 cm³/mol. The fourth-order valence-electron chi connectivity index (χ4n) is 6.60. The summed E-state index contributed by atoms with van der Waals surface area (Å²) in [5.74, 6) is -6.53. The molecule has 0 bridgehead atoms. The Kier molecular flexibility index (Phi) is 6.88. The average molecular weight is 746 g/mol. The zero-order valence-electron chi connectivity index (χ0n) is 21.8. The number of benzene rings is 2. The molecule has 6 rings (SSSR count). The Balaban J connectivity index is 1.48. The number of anilines is 1. The molecule has 0 radical (unpaired) electrons. The Bertz CT molecular complexity index is 1760.